The average molecular weight is 286 g/mol. The summed E-state index contributed by atoms with van der Waals surface area (Å²) in [6.45, 7) is 0. The van der Waals surface area contributed by atoms with Crippen molar-refractivity contribution in [3.63, 3.8) is 0 Å². The molecule has 0 saturated heterocycles. The molecule has 3 heteroatoms. The lowest BCUT2D eigenvalue weighted by atomic mass is 10.1. The Morgan fingerprint density at radius 3 is 2.40 bits per heavy atom. The van der Waals surface area contributed by atoms with Crippen LogP contribution in [0.2, 0.25) is 0 Å². The van der Waals surface area contributed by atoms with Gasteiger partial charge in [-0.05, 0) is 42.7 Å². The van der Waals surface area contributed by atoms with E-state index in [4.69, 9.17) is 5.11 Å². The fourth-order valence-corrected chi connectivity index (χ4v) is 3.08. The first-order valence-electron chi connectivity index (χ1n) is 6.76. The third-order valence-electron chi connectivity index (χ3n) is 3.08. The zero-order valence-corrected chi connectivity index (χ0v) is 12.1. The van der Waals surface area contributed by atoms with Gasteiger partial charge in [-0.1, -0.05) is 42.5 Å². The van der Waals surface area contributed by atoms with E-state index in [0.717, 1.165) is 29.9 Å². The van der Waals surface area contributed by atoms with Gasteiger partial charge in [-0.2, -0.15) is 0 Å². The van der Waals surface area contributed by atoms with Gasteiger partial charge in [-0.3, -0.25) is 0 Å². The van der Waals surface area contributed by atoms with E-state index in [1.807, 2.05) is 18.2 Å². The number of hydrogen-bond acceptors (Lipinski definition) is 2. The van der Waals surface area contributed by atoms with Crippen LogP contribution in [0.5, 0.6) is 0 Å². The van der Waals surface area contributed by atoms with Crippen molar-refractivity contribution in [2.45, 2.75) is 24.2 Å². The number of aromatic carboxylic acids is 1. The predicted molar refractivity (Wildman–Crippen MR) is 83.5 cm³/mol. The van der Waals surface area contributed by atoms with Crippen molar-refractivity contribution in [1.82, 2.24) is 0 Å². The molecule has 2 rings (SSSR count). The molecule has 0 spiro atoms. The Balaban J connectivity index is 1.75. The summed E-state index contributed by atoms with van der Waals surface area (Å²) < 4.78 is 0. The van der Waals surface area contributed by atoms with Crippen LogP contribution < -0.4 is 0 Å². The fraction of sp³-hybridized carbons (Fsp3) is 0.235. The van der Waals surface area contributed by atoms with E-state index in [9.17, 15) is 4.79 Å². The molecule has 0 unspecified atom stereocenters. The first-order valence-corrected chi connectivity index (χ1v) is 7.75. The maximum atomic E-state index is 11.1. The summed E-state index contributed by atoms with van der Waals surface area (Å²) in [5.74, 6) is 0.106. The van der Waals surface area contributed by atoms with Crippen LogP contribution in [0.15, 0.2) is 59.5 Å². The normalized spacial score (nSPS) is 10.4. The number of rotatable bonds is 7. The van der Waals surface area contributed by atoms with Crippen LogP contribution in [-0.2, 0) is 6.42 Å². The molecular formula is C17H18O2S. The standard InChI is InChI=1S/C17H18O2S/c18-17(19)15-11-4-5-12-16(15)20-13-7-6-10-14-8-2-1-3-9-14/h1-5,8-9,11-12H,6-7,10,13H2,(H,18,19). The summed E-state index contributed by atoms with van der Waals surface area (Å²) in [6.07, 6.45) is 3.31. The fourth-order valence-electron chi connectivity index (χ4n) is 2.03. The maximum absolute atomic E-state index is 11.1. The van der Waals surface area contributed by atoms with Crippen LogP contribution in [0.1, 0.15) is 28.8 Å². The zero-order valence-electron chi connectivity index (χ0n) is 11.3. The number of thioether (sulfide) groups is 1. The van der Waals surface area contributed by atoms with Gasteiger partial charge in [0.1, 0.15) is 0 Å². The number of benzene rings is 2. The van der Waals surface area contributed by atoms with Gasteiger partial charge in [-0.25, -0.2) is 4.79 Å². The molecular weight excluding hydrogens is 268 g/mol. The van der Waals surface area contributed by atoms with Crippen molar-refractivity contribution in [2.75, 3.05) is 5.75 Å². The Morgan fingerprint density at radius 1 is 0.950 bits per heavy atom. The van der Waals surface area contributed by atoms with E-state index < -0.39 is 5.97 Å². The van der Waals surface area contributed by atoms with Crippen LogP contribution in [0.25, 0.3) is 0 Å². The molecule has 0 saturated carbocycles. The Kier molecular flexibility index (Phi) is 5.69. The van der Waals surface area contributed by atoms with Gasteiger partial charge < -0.3 is 5.11 Å². The molecule has 0 aliphatic carbocycles. The first kappa shape index (κ1) is 14.7. The van der Waals surface area contributed by atoms with Gasteiger partial charge in [0, 0.05) is 4.90 Å². The molecule has 2 aromatic carbocycles. The molecule has 20 heavy (non-hydrogen) atoms. The van der Waals surface area contributed by atoms with Crippen molar-refractivity contribution in [3.8, 4) is 0 Å². The third-order valence-corrected chi connectivity index (χ3v) is 4.24. The summed E-state index contributed by atoms with van der Waals surface area (Å²) >= 11 is 1.63. The minimum absolute atomic E-state index is 0.403. The molecule has 0 aliphatic rings. The zero-order chi connectivity index (χ0) is 14.2. The van der Waals surface area contributed by atoms with Crippen LogP contribution in [0.4, 0.5) is 0 Å². The molecule has 0 aliphatic heterocycles. The molecule has 104 valence electrons. The van der Waals surface area contributed by atoms with Crippen molar-refractivity contribution < 1.29 is 9.90 Å². The Morgan fingerprint density at radius 2 is 1.65 bits per heavy atom. The number of unbranched alkanes of at least 4 members (excludes halogenated alkanes) is 1. The smallest absolute Gasteiger partial charge is 0.336 e. The molecule has 0 aromatic heterocycles. The van der Waals surface area contributed by atoms with Crippen molar-refractivity contribution in [2.24, 2.45) is 0 Å². The highest BCUT2D eigenvalue weighted by Gasteiger charge is 2.08. The summed E-state index contributed by atoms with van der Waals surface area (Å²) in [6, 6.07) is 17.6. The number of aryl methyl sites for hydroxylation is 1. The van der Waals surface area contributed by atoms with Crippen LogP contribution in [-0.4, -0.2) is 16.8 Å². The molecule has 0 atom stereocenters. The average Bonchev–Trinajstić information content (AvgIpc) is 2.48. The minimum Gasteiger partial charge on any atom is -0.478 e. The maximum Gasteiger partial charge on any atom is 0.336 e. The molecule has 0 radical (unpaired) electrons. The first-order chi connectivity index (χ1) is 9.77. The summed E-state index contributed by atoms with van der Waals surface area (Å²) in [7, 11) is 0. The minimum atomic E-state index is -0.850. The quantitative estimate of drug-likeness (QED) is 0.601. The summed E-state index contributed by atoms with van der Waals surface area (Å²) in [4.78, 5) is 11.9. The topological polar surface area (TPSA) is 37.3 Å². The van der Waals surface area contributed by atoms with Crippen molar-refractivity contribution in [3.05, 3.63) is 65.7 Å². The number of carboxylic acids is 1. The molecule has 0 heterocycles. The van der Waals surface area contributed by atoms with E-state index in [1.165, 1.54) is 5.56 Å². The largest absolute Gasteiger partial charge is 0.478 e. The lowest BCUT2D eigenvalue weighted by molar-refractivity contribution is 0.0693. The Labute approximate surface area is 123 Å². The predicted octanol–water partition coefficient (Wildman–Crippen LogP) is 4.50. The third kappa shape index (κ3) is 4.42. The number of carbonyl (C=O) groups is 1. The monoisotopic (exact) mass is 286 g/mol. The lowest BCUT2D eigenvalue weighted by Crippen LogP contribution is -1.98. The highest BCUT2D eigenvalue weighted by Crippen LogP contribution is 2.23. The summed E-state index contributed by atoms with van der Waals surface area (Å²) in [5, 5.41) is 9.10. The van der Waals surface area contributed by atoms with E-state index in [2.05, 4.69) is 24.3 Å². The second-order valence-electron chi connectivity index (χ2n) is 4.59. The van der Waals surface area contributed by atoms with E-state index in [-0.39, 0.29) is 0 Å². The second kappa shape index (κ2) is 7.75. The van der Waals surface area contributed by atoms with Gasteiger partial charge in [0.25, 0.3) is 0 Å². The Hall–Kier alpha value is -1.74. The molecule has 0 amide bonds. The van der Waals surface area contributed by atoms with Crippen LogP contribution in [0.3, 0.4) is 0 Å². The molecule has 2 aromatic rings. The van der Waals surface area contributed by atoms with Gasteiger partial charge in [-0.15, -0.1) is 11.8 Å². The van der Waals surface area contributed by atoms with Crippen molar-refractivity contribution in [1.29, 1.82) is 0 Å². The molecule has 0 fully saturated rings. The summed E-state index contributed by atoms with van der Waals surface area (Å²) in [5.41, 5.74) is 1.77. The van der Waals surface area contributed by atoms with Gasteiger partial charge in [0.2, 0.25) is 0 Å². The van der Waals surface area contributed by atoms with Crippen LogP contribution in [0, 0.1) is 0 Å². The highest BCUT2D eigenvalue weighted by atomic mass is 32.2. The highest BCUT2D eigenvalue weighted by molar-refractivity contribution is 7.99. The van der Waals surface area contributed by atoms with E-state index in [0.29, 0.717) is 5.56 Å². The van der Waals surface area contributed by atoms with Gasteiger partial charge in [0.15, 0.2) is 0 Å². The SMILES string of the molecule is O=C(O)c1ccccc1SCCCCc1ccccc1. The van der Waals surface area contributed by atoms with Crippen LogP contribution >= 0.6 is 11.8 Å². The van der Waals surface area contributed by atoms with E-state index >= 15 is 0 Å². The second-order valence-corrected chi connectivity index (χ2v) is 5.73. The molecule has 0 bridgehead atoms. The molecule has 1 N–H and O–H groups in total. The van der Waals surface area contributed by atoms with Crippen molar-refractivity contribution >= 4 is 17.7 Å². The number of hydrogen-bond donors (Lipinski definition) is 1. The Bertz CT molecular complexity index is 552. The molecule has 2 nitrogen and oxygen atoms in total. The lowest BCUT2D eigenvalue weighted by Gasteiger charge is -2.05. The van der Waals surface area contributed by atoms with Gasteiger partial charge >= 0.3 is 5.97 Å². The number of carboxylic acid groups (broad SMARTS) is 1. The van der Waals surface area contributed by atoms with Gasteiger partial charge in [0.05, 0.1) is 5.56 Å². The van der Waals surface area contributed by atoms with E-state index in [1.54, 1.807) is 23.9 Å².